The Morgan fingerprint density at radius 1 is 1.24 bits per heavy atom. The summed E-state index contributed by atoms with van der Waals surface area (Å²) >= 11 is 1.84. The van der Waals surface area contributed by atoms with Gasteiger partial charge in [-0.05, 0) is 49.5 Å². The summed E-state index contributed by atoms with van der Waals surface area (Å²) in [6, 6.07) is 10.8. The monoisotopic (exact) mass is 357 g/mol. The highest BCUT2D eigenvalue weighted by molar-refractivity contribution is 7.10. The van der Waals surface area contributed by atoms with E-state index >= 15 is 0 Å². The lowest BCUT2D eigenvalue weighted by atomic mass is 10.2. The summed E-state index contributed by atoms with van der Waals surface area (Å²) in [5.41, 5.74) is 1.10. The van der Waals surface area contributed by atoms with Gasteiger partial charge in [-0.2, -0.15) is 0 Å². The molecule has 1 aliphatic heterocycles. The van der Waals surface area contributed by atoms with Gasteiger partial charge in [-0.1, -0.05) is 12.1 Å². The Kier molecular flexibility index (Phi) is 6.82. The molecule has 1 fully saturated rings. The van der Waals surface area contributed by atoms with E-state index in [9.17, 15) is 0 Å². The van der Waals surface area contributed by atoms with Crippen LogP contribution in [0.5, 0.6) is 0 Å². The van der Waals surface area contributed by atoms with E-state index in [2.05, 4.69) is 49.1 Å². The second-order valence-electron chi connectivity index (χ2n) is 6.23. The Morgan fingerprint density at radius 2 is 2.12 bits per heavy atom. The zero-order valence-corrected chi connectivity index (χ0v) is 15.6. The van der Waals surface area contributed by atoms with Crippen LogP contribution >= 0.6 is 11.3 Å². The highest BCUT2D eigenvalue weighted by Gasteiger charge is 2.24. The first-order valence-corrected chi connectivity index (χ1v) is 9.86. The SMILES string of the molecule is CN=C(NCCc1ccccn1)NCC(c1cccs1)N1CCCC1. The molecule has 1 atom stereocenters. The maximum absolute atomic E-state index is 4.36. The van der Waals surface area contributed by atoms with Crippen molar-refractivity contribution in [1.29, 1.82) is 0 Å². The molecule has 2 aromatic rings. The smallest absolute Gasteiger partial charge is 0.191 e. The second-order valence-corrected chi connectivity index (χ2v) is 7.20. The minimum atomic E-state index is 0.428. The van der Waals surface area contributed by atoms with Crippen molar-refractivity contribution in [1.82, 2.24) is 20.5 Å². The highest BCUT2D eigenvalue weighted by Crippen LogP contribution is 2.27. The van der Waals surface area contributed by atoms with Crippen LogP contribution in [-0.4, -0.2) is 49.1 Å². The lowest BCUT2D eigenvalue weighted by Crippen LogP contribution is -2.43. The Morgan fingerprint density at radius 3 is 2.80 bits per heavy atom. The molecule has 0 bridgehead atoms. The first-order chi connectivity index (χ1) is 12.4. The molecule has 25 heavy (non-hydrogen) atoms. The van der Waals surface area contributed by atoms with Crippen LogP contribution in [0.3, 0.4) is 0 Å². The van der Waals surface area contributed by atoms with Crippen LogP contribution in [0.4, 0.5) is 0 Å². The first kappa shape index (κ1) is 17.9. The van der Waals surface area contributed by atoms with Crippen molar-refractivity contribution in [2.75, 3.05) is 33.2 Å². The van der Waals surface area contributed by atoms with Crippen LogP contribution in [0.1, 0.15) is 29.5 Å². The molecular formula is C19H27N5S. The predicted molar refractivity (Wildman–Crippen MR) is 105 cm³/mol. The molecule has 1 unspecified atom stereocenters. The fourth-order valence-electron chi connectivity index (χ4n) is 3.21. The number of guanidine groups is 1. The molecule has 0 radical (unpaired) electrons. The Labute approximate surface area is 154 Å². The Bertz CT molecular complexity index is 635. The van der Waals surface area contributed by atoms with Crippen molar-refractivity contribution in [2.24, 2.45) is 4.99 Å². The molecule has 3 rings (SSSR count). The summed E-state index contributed by atoms with van der Waals surface area (Å²) in [5.74, 6) is 0.858. The third kappa shape index (κ3) is 5.28. The number of rotatable bonds is 7. The lowest BCUT2D eigenvalue weighted by molar-refractivity contribution is 0.249. The fourth-order valence-corrected chi connectivity index (χ4v) is 4.07. The molecule has 134 valence electrons. The number of hydrogen-bond acceptors (Lipinski definition) is 4. The minimum Gasteiger partial charge on any atom is -0.356 e. The molecule has 5 nitrogen and oxygen atoms in total. The van der Waals surface area contributed by atoms with Gasteiger partial charge in [-0.15, -0.1) is 11.3 Å². The molecule has 3 heterocycles. The van der Waals surface area contributed by atoms with Crippen LogP contribution in [0, 0.1) is 0 Å². The van der Waals surface area contributed by atoms with Crippen LogP contribution in [-0.2, 0) is 6.42 Å². The zero-order valence-electron chi connectivity index (χ0n) is 14.8. The molecule has 0 aromatic carbocycles. The summed E-state index contributed by atoms with van der Waals surface area (Å²) in [5, 5.41) is 9.06. The largest absolute Gasteiger partial charge is 0.356 e. The van der Waals surface area contributed by atoms with Gasteiger partial charge in [0, 0.05) is 43.3 Å². The number of nitrogens with one attached hydrogen (secondary N) is 2. The van der Waals surface area contributed by atoms with Crippen LogP contribution in [0.25, 0.3) is 0 Å². The Hall–Kier alpha value is -1.92. The van der Waals surface area contributed by atoms with Crippen molar-refractivity contribution in [3.63, 3.8) is 0 Å². The third-order valence-corrected chi connectivity index (χ3v) is 5.51. The summed E-state index contributed by atoms with van der Waals surface area (Å²) in [4.78, 5) is 12.7. The van der Waals surface area contributed by atoms with Gasteiger partial charge in [-0.25, -0.2) is 0 Å². The van der Waals surface area contributed by atoms with Crippen molar-refractivity contribution in [2.45, 2.75) is 25.3 Å². The molecule has 0 saturated carbocycles. The minimum absolute atomic E-state index is 0.428. The first-order valence-electron chi connectivity index (χ1n) is 8.98. The van der Waals surface area contributed by atoms with Crippen LogP contribution < -0.4 is 10.6 Å². The molecule has 0 aliphatic carbocycles. The van der Waals surface area contributed by atoms with E-state index in [0.717, 1.165) is 31.2 Å². The zero-order chi connectivity index (χ0) is 17.3. The molecule has 0 spiro atoms. The van der Waals surface area contributed by atoms with Gasteiger partial charge in [0.15, 0.2) is 5.96 Å². The fraction of sp³-hybridized carbons (Fsp3) is 0.474. The van der Waals surface area contributed by atoms with Gasteiger partial charge in [0.1, 0.15) is 0 Å². The van der Waals surface area contributed by atoms with Gasteiger partial charge < -0.3 is 10.6 Å². The number of pyridine rings is 1. The molecule has 2 aromatic heterocycles. The van der Waals surface area contributed by atoms with Crippen LogP contribution in [0.15, 0.2) is 46.9 Å². The maximum Gasteiger partial charge on any atom is 0.191 e. The van der Waals surface area contributed by atoms with Crippen molar-refractivity contribution < 1.29 is 0 Å². The lowest BCUT2D eigenvalue weighted by Gasteiger charge is -2.27. The molecule has 1 aliphatic rings. The summed E-state index contributed by atoms with van der Waals surface area (Å²) in [6.45, 7) is 4.08. The van der Waals surface area contributed by atoms with E-state index < -0.39 is 0 Å². The van der Waals surface area contributed by atoms with Gasteiger partial charge in [0.2, 0.25) is 0 Å². The second kappa shape index (κ2) is 9.53. The quantitative estimate of drug-likeness (QED) is 0.591. The molecular weight excluding hydrogens is 330 g/mol. The number of thiophene rings is 1. The third-order valence-electron chi connectivity index (χ3n) is 4.54. The van der Waals surface area contributed by atoms with Crippen molar-refractivity contribution in [3.05, 3.63) is 52.5 Å². The topological polar surface area (TPSA) is 52.6 Å². The van der Waals surface area contributed by atoms with Crippen LogP contribution in [0.2, 0.25) is 0 Å². The molecule has 6 heteroatoms. The highest BCUT2D eigenvalue weighted by atomic mass is 32.1. The predicted octanol–water partition coefficient (Wildman–Crippen LogP) is 2.69. The van der Waals surface area contributed by atoms with E-state index in [1.807, 2.05) is 36.7 Å². The van der Waals surface area contributed by atoms with Crippen molar-refractivity contribution in [3.8, 4) is 0 Å². The average Bonchev–Trinajstić information content (AvgIpc) is 3.36. The van der Waals surface area contributed by atoms with E-state index in [1.165, 1.54) is 30.8 Å². The Balaban J connectivity index is 1.50. The number of hydrogen-bond donors (Lipinski definition) is 2. The molecule has 0 amide bonds. The molecule has 2 N–H and O–H groups in total. The maximum atomic E-state index is 4.36. The normalized spacial score (nSPS) is 16.8. The van der Waals surface area contributed by atoms with Gasteiger partial charge >= 0.3 is 0 Å². The van der Waals surface area contributed by atoms with Gasteiger partial charge in [0.05, 0.1) is 6.04 Å². The number of aliphatic imine (C=N–C) groups is 1. The van der Waals surface area contributed by atoms with E-state index in [4.69, 9.17) is 0 Å². The van der Waals surface area contributed by atoms with Crippen molar-refractivity contribution >= 4 is 17.3 Å². The summed E-state index contributed by atoms with van der Waals surface area (Å²) in [7, 11) is 1.83. The van der Waals surface area contributed by atoms with E-state index in [0.29, 0.717) is 6.04 Å². The number of aromatic nitrogens is 1. The number of nitrogens with zero attached hydrogens (tertiary/aromatic N) is 3. The summed E-state index contributed by atoms with van der Waals surface area (Å²) in [6.07, 6.45) is 5.34. The standard InChI is InChI=1S/C19H27N5S/c1-20-19(22-11-9-16-7-2-3-10-21-16)23-15-17(18-8-6-14-25-18)24-12-4-5-13-24/h2-3,6-8,10,14,17H,4-5,9,11-13,15H2,1H3,(H2,20,22,23). The summed E-state index contributed by atoms with van der Waals surface area (Å²) < 4.78 is 0. The molecule has 1 saturated heterocycles. The van der Waals surface area contributed by atoms with E-state index in [1.54, 1.807) is 0 Å². The van der Waals surface area contributed by atoms with E-state index in [-0.39, 0.29) is 0 Å². The number of likely N-dealkylation sites (tertiary alicyclic amines) is 1. The van der Waals surface area contributed by atoms with Gasteiger partial charge in [-0.3, -0.25) is 14.9 Å². The average molecular weight is 358 g/mol. The van der Waals surface area contributed by atoms with Gasteiger partial charge in [0.25, 0.3) is 0 Å².